The second kappa shape index (κ2) is 5.67. The molecule has 0 aromatic heterocycles. The molecular weight excluding hydrogens is 194 g/mol. The van der Waals surface area contributed by atoms with Crippen LogP contribution in [0.3, 0.4) is 0 Å². The van der Waals surface area contributed by atoms with E-state index in [0.29, 0.717) is 11.7 Å². The molecule has 0 heterocycles. The first-order valence-corrected chi connectivity index (χ1v) is 5.44. The van der Waals surface area contributed by atoms with Crippen molar-refractivity contribution in [3.8, 4) is 0 Å². The highest BCUT2D eigenvalue weighted by molar-refractivity contribution is 8.13. The van der Waals surface area contributed by atoms with Crippen LogP contribution in [0.15, 0.2) is 29.3 Å². The summed E-state index contributed by atoms with van der Waals surface area (Å²) in [4.78, 5) is 4.26. The van der Waals surface area contributed by atoms with E-state index in [0.717, 1.165) is 11.4 Å². The maximum Gasteiger partial charge on any atom is 0.159 e. The number of aliphatic imine (C=N–C) groups is 1. The Morgan fingerprint density at radius 3 is 2.93 bits per heavy atom. The third-order valence-electron chi connectivity index (χ3n) is 1.61. The summed E-state index contributed by atoms with van der Waals surface area (Å²) in [5.41, 5.74) is 13.1. The average molecular weight is 209 g/mol. The number of thioether (sulfide) groups is 1. The Balaban J connectivity index is 2.66. The highest BCUT2D eigenvalue weighted by Gasteiger charge is 1.94. The monoisotopic (exact) mass is 209 g/mol. The van der Waals surface area contributed by atoms with Gasteiger partial charge in [0.1, 0.15) is 0 Å². The molecule has 0 radical (unpaired) electrons. The molecule has 0 aliphatic rings. The van der Waals surface area contributed by atoms with Crippen molar-refractivity contribution >= 4 is 22.6 Å². The maximum atomic E-state index is 5.70. The Bertz CT molecular complexity index is 323. The SMILES string of the molecule is Cc1cccc(N=C(N)SCCN)c1. The van der Waals surface area contributed by atoms with Crippen molar-refractivity contribution in [2.45, 2.75) is 6.92 Å². The molecule has 1 aromatic rings. The summed E-state index contributed by atoms with van der Waals surface area (Å²) >= 11 is 1.48. The summed E-state index contributed by atoms with van der Waals surface area (Å²) in [5.74, 6) is 0.807. The first kappa shape index (κ1) is 11.1. The summed E-state index contributed by atoms with van der Waals surface area (Å²) in [7, 11) is 0. The Morgan fingerprint density at radius 2 is 2.29 bits per heavy atom. The van der Waals surface area contributed by atoms with Gasteiger partial charge in [-0.15, -0.1) is 0 Å². The summed E-state index contributed by atoms with van der Waals surface area (Å²) in [6.45, 7) is 2.65. The molecule has 4 heteroatoms. The topological polar surface area (TPSA) is 64.4 Å². The van der Waals surface area contributed by atoms with Crippen molar-refractivity contribution in [2.24, 2.45) is 16.5 Å². The highest BCUT2D eigenvalue weighted by atomic mass is 32.2. The second-order valence-electron chi connectivity index (χ2n) is 2.93. The normalized spacial score (nSPS) is 11.7. The number of nitrogens with two attached hydrogens (primary N) is 2. The van der Waals surface area contributed by atoms with Crippen LogP contribution in [0.1, 0.15) is 5.56 Å². The van der Waals surface area contributed by atoms with Crippen LogP contribution in [0.2, 0.25) is 0 Å². The number of hydrogen-bond donors (Lipinski definition) is 2. The minimum absolute atomic E-state index is 0.570. The second-order valence-corrected chi connectivity index (χ2v) is 4.04. The number of rotatable bonds is 3. The third-order valence-corrected chi connectivity index (χ3v) is 2.44. The summed E-state index contributed by atoms with van der Waals surface area (Å²) in [5, 5.41) is 0.570. The van der Waals surface area contributed by atoms with Crippen LogP contribution >= 0.6 is 11.8 Å². The number of nitrogens with zero attached hydrogens (tertiary/aromatic N) is 1. The smallest absolute Gasteiger partial charge is 0.159 e. The molecule has 0 unspecified atom stereocenters. The van der Waals surface area contributed by atoms with Gasteiger partial charge in [-0.25, -0.2) is 4.99 Å². The Labute approximate surface area is 88.6 Å². The van der Waals surface area contributed by atoms with E-state index >= 15 is 0 Å². The van der Waals surface area contributed by atoms with E-state index in [9.17, 15) is 0 Å². The fraction of sp³-hybridized carbons (Fsp3) is 0.300. The fourth-order valence-electron chi connectivity index (χ4n) is 1.02. The molecule has 1 rings (SSSR count). The van der Waals surface area contributed by atoms with E-state index in [1.165, 1.54) is 17.3 Å². The van der Waals surface area contributed by atoms with Crippen LogP contribution in [0.25, 0.3) is 0 Å². The van der Waals surface area contributed by atoms with Gasteiger partial charge in [0.2, 0.25) is 0 Å². The van der Waals surface area contributed by atoms with Gasteiger partial charge < -0.3 is 11.5 Å². The quantitative estimate of drug-likeness (QED) is 0.587. The molecule has 3 nitrogen and oxygen atoms in total. The van der Waals surface area contributed by atoms with Gasteiger partial charge in [0, 0.05) is 12.3 Å². The Kier molecular flexibility index (Phi) is 4.49. The molecule has 4 N–H and O–H groups in total. The van der Waals surface area contributed by atoms with E-state index < -0.39 is 0 Å². The van der Waals surface area contributed by atoms with Crippen molar-refractivity contribution in [2.75, 3.05) is 12.3 Å². The van der Waals surface area contributed by atoms with Crippen LogP contribution < -0.4 is 11.5 Å². The lowest BCUT2D eigenvalue weighted by atomic mass is 10.2. The highest BCUT2D eigenvalue weighted by Crippen LogP contribution is 2.15. The van der Waals surface area contributed by atoms with Crippen LogP contribution in [-0.4, -0.2) is 17.5 Å². The van der Waals surface area contributed by atoms with Crippen molar-refractivity contribution in [1.29, 1.82) is 0 Å². The molecule has 0 saturated heterocycles. The molecule has 14 heavy (non-hydrogen) atoms. The molecule has 0 atom stereocenters. The zero-order chi connectivity index (χ0) is 10.4. The van der Waals surface area contributed by atoms with Gasteiger partial charge in [-0.1, -0.05) is 23.9 Å². The van der Waals surface area contributed by atoms with Crippen LogP contribution in [0.4, 0.5) is 5.69 Å². The van der Waals surface area contributed by atoms with Crippen LogP contribution in [-0.2, 0) is 0 Å². The maximum absolute atomic E-state index is 5.70. The van der Waals surface area contributed by atoms with E-state index in [1.54, 1.807) is 0 Å². The van der Waals surface area contributed by atoms with Gasteiger partial charge in [-0.2, -0.15) is 0 Å². The standard InChI is InChI=1S/C10H15N3S/c1-8-3-2-4-9(7-8)13-10(12)14-6-5-11/h2-4,7H,5-6,11H2,1H3,(H2,12,13). The average Bonchev–Trinajstić information content (AvgIpc) is 2.15. The lowest BCUT2D eigenvalue weighted by Crippen LogP contribution is -2.10. The van der Waals surface area contributed by atoms with E-state index in [-0.39, 0.29) is 0 Å². The third kappa shape index (κ3) is 3.81. The van der Waals surface area contributed by atoms with E-state index in [4.69, 9.17) is 11.5 Å². The molecular formula is C10H15N3S. The predicted octanol–water partition coefficient (Wildman–Crippen LogP) is 1.63. The van der Waals surface area contributed by atoms with Gasteiger partial charge in [0.25, 0.3) is 0 Å². The Hall–Kier alpha value is -1.00. The molecule has 0 bridgehead atoms. The van der Waals surface area contributed by atoms with E-state index in [1.807, 2.05) is 31.2 Å². The largest absolute Gasteiger partial charge is 0.378 e. The van der Waals surface area contributed by atoms with E-state index in [2.05, 4.69) is 4.99 Å². The van der Waals surface area contributed by atoms with Gasteiger partial charge in [0.15, 0.2) is 5.17 Å². The van der Waals surface area contributed by atoms with Crippen molar-refractivity contribution < 1.29 is 0 Å². The minimum Gasteiger partial charge on any atom is -0.378 e. The van der Waals surface area contributed by atoms with Crippen molar-refractivity contribution in [3.05, 3.63) is 29.8 Å². The lowest BCUT2D eigenvalue weighted by Gasteiger charge is -1.99. The first-order chi connectivity index (χ1) is 6.72. The van der Waals surface area contributed by atoms with Gasteiger partial charge in [-0.3, -0.25) is 0 Å². The molecule has 0 aliphatic heterocycles. The van der Waals surface area contributed by atoms with Gasteiger partial charge >= 0.3 is 0 Å². The number of hydrogen-bond acceptors (Lipinski definition) is 3. The summed E-state index contributed by atoms with van der Waals surface area (Å²) in [6.07, 6.45) is 0. The number of aryl methyl sites for hydroxylation is 1. The minimum atomic E-state index is 0.570. The summed E-state index contributed by atoms with van der Waals surface area (Å²) < 4.78 is 0. The number of benzene rings is 1. The lowest BCUT2D eigenvalue weighted by molar-refractivity contribution is 1.15. The molecule has 0 aliphatic carbocycles. The summed E-state index contributed by atoms with van der Waals surface area (Å²) in [6, 6.07) is 7.93. The number of amidine groups is 1. The van der Waals surface area contributed by atoms with Crippen LogP contribution in [0, 0.1) is 6.92 Å². The molecule has 0 saturated carbocycles. The molecule has 0 amide bonds. The first-order valence-electron chi connectivity index (χ1n) is 4.46. The Morgan fingerprint density at radius 1 is 1.50 bits per heavy atom. The molecule has 1 aromatic carbocycles. The zero-order valence-corrected chi connectivity index (χ0v) is 9.05. The van der Waals surface area contributed by atoms with Crippen molar-refractivity contribution in [1.82, 2.24) is 0 Å². The predicted molar refractivity (Wildman–Crippen MR) is 64.0 cm³/mol. The molecule has 0 spiro atoms. The van der Waals surface area contributed by atoms with Gasteiger partial charge in [0.05, 0.1) is 5.69 Å². The van der Waals surface area contributed by atoms with Gasteiger partial charge in [-0.05, 0) is 24.6 Å². The van der Waals surface area contributed by atoms with Crippen molar-refractivity contribution in [3.63, 3.8) is 0 Å². The molecule has 76 valence electrons. The zero-order valence-electron chi connectivity index (χ0n) is 8.23. The molecule has 0 fully saturated rings. The van der Waals surface area contributed by atoms with Crippen LogP contribution in [0.5, 0.6) is 0 Å². The fourth-order valence-corrected chi connectivity index (χ4v) is 1.52.